The predicted molar refractivity (Wildman–Crippen MR) is 79.5 cm³/mol. The number of halogens is 2. The molecule has 0 aromatic heterocycles. The molecule has 20 heavy (non-hydrogen) atoms. The Hall–Kier alpha value is -1.00. The van der Waals surface area contributed by atoms with Gasteiger partial charge in [0, 0.05) is 12.6 Å². The molecule has 0 fully saturated rings. The lowest BCUT2D eigenvalue weighted by molar-refractivity contribution is 0.140. The van der Waals surface area contributed by atoms with Gasteiger partial charge in [0.1, 0.15) is 0 Å². The summed E-state index contributed by atoms with van der Waals surface area (Å²) < 4.78 is 26.4. The normalized spacial score (nSPS) is 13.8. The third kappa shape index (κ3) is 4.53. The average Bonchev–Trinajstić information content (AvgIpc) is 2.40. The van der Waals surface area contributed by atoms with Gasteiger partial charge in [-0.3, -0.25) is 4.90 Å². The van der Waals surface area contributed by atoms with E-state index < -0.39 is 11.6 Å². The zero-order valence-electron chi connectivity index (χ0n) is 12.9. The number of nitrogens with two attached hydrogens (primary N) is 1. The first-order chi connectivity index (χ1) is 9.30. The van der Waals surface area contributed by atoms with Crippen LogP contribution in [0.25, 0.3) is 0 Å². The van der Waals surface area contributed by atoms with E-state index >= 15 is 0 Å². The Labute approximate surface area is 121 Å². The lowest BCUT2D eigenvalue weighted by atomic mass is 9.91. The van der Waals surface area contributed by atoms with Crippen LogP contribution >= 0.6 is 0 Å². The fraction of sp³-hybridized carbons (Fsp3) is 0.625. The van der Waals surface area contributed by atoms with Crippen LogP contribution in [0.2, 0.25) is 0 Å². The van der Waals surface area contributed by atoms with Crippen molar-refractivity contribution in [1.29, 1.82) is 0 Å². The molecule has 0 saturated heterocycles. The van der Waals surface area contributed by atoms with Gasteiger partial charge in [0.2, 0.25) is 0 Å². The van der Waals surface area contributed by atoms with Gasteiger partial charge in [-0.25, -0.2) is 8.78 Å². The molecule has 1 aromatic rings. The smallest absolute Gasteiger partial charge is 0.159 e. The van der Waals surface area contributed by atoms with E-state index in [2.05, 4.69) is 25.7 Å². The Morgan fingerprint density at radius 3 is 2.40 bits per heavy atom. The highest BCUT2D eigenvalue weighted by atomic mass is 19.2. The minimum Gasteiger partial charge on any atom is -0.330 e. The molecule has 1 unspecified atom stereocenters. The molecule has 1 atom stereocenters. The van der Waals surface area contributed by atoms with Crippen molar-refractivity contribution < 1.29 is 8.78 Å². The van der Waals surface area contributed by atoms with Crippen molar-refractivity contribution in [3.8, 4) is 0 Å². The summed E-state index contributed by atoms with van der Waals surface area (Å²) >= 11 is 0. The minimum atomic E-state index is -0.801. The minimum absolute atomic E-state index is 0.00199. The zero-order valence-corrected chi connectivity index (χ0v) is 12.9. The Balaban J connectivity index is 2.92. The van der Waals surface area contributed by atoms with Crippen molar-refractivity contribution in [1.82, 2.24) is 4.90 Å². The average molecular weight is 284 g/mol. The molecule has 114 valence electrons. The first-order valence-electron chi connectivity index (χ1n) is 7.20. The highest BCUT2D eigenvalue weighted by Gasteiger charge is 2.24. The van der Waals surface area contributed by atoms with E-state index in [0.29, 0.717) is 6.54 Å². The van der Waals surface area contributed by atoms with Crippen molar-refractivity contribution >= 4 is 0 Å². The molecule has 1 rings (SSSR count). The van der Waals surface area contributed by atoms with Crippen molar-refractivity contribution in [2.45, 2.75) is 40.2 Å². The molecule has 2 N–H and O–H groups in total. The first-order valence-corrected chi connectivity index (χ1v) is 7.20. The summed E-state index contributed by atoms with van der Waals surface area (Å²) in [5.74, 6) is -1.59. The summed E-state index contributed by atoms with van der Waals surface area (Å²) in [6.07, 6.45) is 1.01. The maximum atomic E-state index is 13.4. The van der Waals surface area contributed by atoms with E-state index in [1.807, 2.05) is 6.92 Å². The van der Waals surface area contributed by atoms with E-state index in [1.54, 1.807) is 6.07 Å². The summed E-state index contributed by atoms with van der Waals surface area (Å²) in [4.78, 5) is 2.28. The number of hydrogen-bond acceptors (Lipinski definition) is 2. The molecule has 0 aliphatic heterocycles. The highest BCUT2D eigenvalue weighted by Crippen LogP contribution is 2.26. The van der Waals surface area contributed by atoms with Crippen LogP contribution in [-0.2, 0) is 0 Å². The molecule has 2 nitrogen and oxygen atoms in total. The summed E-state index contributed by atoms with van der Waals surface area (Å²) in [6, 6.07) is 4.18. The monoisotopic (exact) mass is 284 g/mol. The van der Waals surface area contributed by atoms with Crippen LogP contribution in [0.3, 0.4) is 0 Å². The molecular weight excluding hydrogens is 258 g/mol. The van der Waals surface area contributed by atoms with Crippen molar-refractivity contribution in [2.24, 2.45) is 11.1 Å². The molecule has 1 aromatic carbocycles. The van der Waals surface area contributed by atoms with Crippen LogP contribution in [0.15, 0.2) is 18.2 Å². The topological polar surface area (TPSA) is 29.3 Å². The van der Waals surface area contributed by atoms with Crippen molar-refractivity contribution in [3.63, 3.8) is 0 Å². The van der Waals surface area contributed by atoms with Gasteiger partial charge in [0.15, 0.2) is 11.6 Å². The molecule has 0 aliphatic rings. The number of benzene rings is 1. The summed E-state index contributed by atoms with van der Waals surface area (Å²) in [5.41, 5.74) is 6.60. The number of rotatable bonds is 7. The van der Waals surface area contributed by atoms with Crippen LogP contribution in [0, 0.1) is 17.0 Å². The molecule has 0 heterocycles. The second-order valence-electron chi connectivity index (χ2n) is 6.19. The lowest BCUT2D eigenvalue weighted by Gasteiger charge is -2.36. The number of nitrogens with zero attached hydrogens (tertiary/aromatic N) is 1. The second kappa shape index (κ2) is 7.14. The number of hydrogen-bond donors (Lipinski definition) is 1. The third-order valence-corrected chi connectivity index (χ3v) is 3.67. The van der Waals surface area contributed by atoms with Crippen LogP contribution in [0.5, 0.6) is 0 Å². The Morgan fingerprint density at radius 1 is 1.25 bits per heavy atom. The summed E-state index contributed by atoms with van der Waals surface area (Å²) in [5, 5.41) is 0. The fourth-order valence-corrected chi connectivity index (χ4v) is 2.29. The molecule has 0 radical (unpaired) electrons. The maximum Gasteiger partial charge on any atom is 0.159 e. The standard InChI is InChI=1S/C16H26F2N2/c1-5-8-20(11-16(3,4)10-19)12(2)13-6-7-14(17)15(18)9-13/h6-7,9,12H,5,8,10-11,19H2,1-4H3. The van der Waals surface area contributed by atoms with E-state index in [1.165, 1.54) is 12.1 Å². The van der Waals surface area contributed by atoms with Gasteiger partial charge in [-0.15, -0.1) is 0 Å². The van der Waals surface area contributed by atoms with Gasteiger partial charge in [-0.05, 0) is 49.5 Å². The first kappa shape index (κ1) is 17.1. The summed E-state index contributed by atoms with van der Waals surface area (Å²) in [7, 11) is 0. The summed E-state index contributed by atoms with van der Waals surface area (Å²) in [6.45, 7) is 10.7. The third-order valence-electron chi connectivity index (χ3n) is 3.67. The quantitative estimate of drug-likeness (QED) is 0.827. The predicted octanol–water partition coefficient (Wildman–Crippen LogP) is 3.72. The molecular formula is C16H26F2N2. The highest BCUT2D eigenvalue weighted by molar-refractivity contribution is 5.21. The lowest BCUT2D eigenvalue weighted by Crippen LogP contribution is -2.40. The van der Waals surface area contributed by atoms with E-state index in [0.717, 1.165) is 25.1 Å². The van der Waals surface area contributed by atoms with Crippen molar-refractivity contribution in [2.75, 3.05) is 19.6 Å². The molecule has 0 amide bonds. The van der Waals surface area contributed by atoms with Gasteiger partial charge in [-0.1, -0.05) is 26.8 Å². The van der Waals surface area contributed by atoms with Gasteiger partial charge in [-0.2, -0.15) is 0 Å². The molecule has 4 heteroatoms. The Bertz CT molecular complexity index is 432. The largest absolute Gasteiger partial charge is 0.330 e. The molecule has 0 bridgehead atoms. The Morgan fingerprint density at radius 2 is 1.90 bits per heavy atom. The van der Waals surface area contributed by atoms with Crippen LogP contribution in [0.4, 0.5) is 8.78 Å². The van der Waals surface area contributed by atoms with Crippen LogP contribution < -0.4 is 5.73 Å². The fourth-order valence-electron chi connectivity index (χ4n) is 2.29. The van der Waals surface area contributed by atoms with Gasteiger partial charge >= 0.3 is 0 Å². The van der Waals surface area contributed by atoms with Crippen LogP contribution in [0.1, 0.15) is 45.7 Å². The molecule has 0 saturated carbocycles. The van der Waals surface area contributed by atoms with E-state index in [9.17, 15) is 8.78 Å². The molecule has 0 aliphatic carbocycles. The zero-order chi connectivity index (χ0) is 15.3. The van der Waals surface area contributed by atoms with E-state index in [-0.39, 0.29) is 11.5 Å². The molecule has 0 spiro atoms. The maximum absolute atomic E-state index is 13.4. The Kier molecular flexibility index (Phi) is 6.08. The van der Waals surface area contributed by atoms with Crippen LogP contribution in [-0.4, -0.2) is 24.5 Å². The SMILES string of the molecule is CCCN(CC(C)(C)CN)C(C)c1ccc(F)c(F)c1. The van der Waals surface area contributed by atoms with E-state index in [4.69, 9.17) is 5.73 Å². The van der Waals surface area contributed by atoms with Gasteiger partial charge in [0.25, 0.3) is 0 Å². The van der Waals surface area contributed by atoms with Crippen molar-refractivity contribution in [3.05, 3.63) is 35.4 Å². The van der Waals surface area contributed by atoms with Gasteiger partial charge in [0.05, 0.1) is 0 Å². The van der Waals surface area contributed by atoms with Gasteiger partial charge < -0.3 is 5.73 Å². The second-order valence-corrected chi connectivity index (χ2v) is 6.19.